The van der Waals surface area contributed by atoms with Crippen molar-refractivity contribution in [1.29, 1.82) is 0 Å². The molecule has 1 N–H and O–H groups in total. The number of ketones is 2. The molecule has 6 nitrogen and oxygen atoms in total. The Labute approximate surface area is 188 Å². The molecule has 160 valence electrons. The molecule has 1 amide bonds. The summed E-state index contributed by atoms with van der Waals surface area (Å²) in [6.45, 7) is 1.48. The number of aryl methyl sites for hydroxylation is 2. The Morgan fingerprint density at radius 3 is 2.44 bits per heavy atom. The number of carbonyl (C=O) groups excluding carboxylic acids is 4. The predicted octanol–water partition coefficient (Wildman–Crippen LogP) is 4.20. The Balaban J connectivity index is 1.35. The monoisotopic (exact) mass is 445 g/mol. The van der Waals surface area contributed by atoms with Crippen LogP contribution in [0.1, 0.15) is 65.3 Å². The molecule has 5 rings (SSSR count). The summed E-state index contributed by atoms with van der Waals surface area (Å²) in [6.07, 6.45) is 1.96. The molecule has 0 saturated heterocycles. The van der Waals surface area contributed by atoms with Gasteiger partial charge in [0, 0.05) is 21.6 Å². The van der Waals surface area contributed by atoms with E-state index in [0.717, 1.165) is 19.3 Å². The summed E-state index contributed by atoms with van der Waals surface area (Å²) in [7, 11) is 0. The van der Waals surface area contributed by atoms with Crippen molar-refractivity contribution < 1.29 is 23.9 Å². The number of esters is 1. The topological polar surface area (TPSA) is 89.5 Å². The Morgan fingerprint density at radius 2 is 1.69 bits per heavy atom. The van der Waals surface area contributed by atoms with Crippen molar-refractivity contribution in [2.75, 3.05) is 5.32 Å². The summed E-state index contributed by atoms with van der Waals surface area (Å²) < 4.78 is 5.36. The van der Waals surface area contributed by atoms with Crippen molar-refractivity contribution in [1.82, 2.24) is 0 Å². The van der Waals surface area contributed by atoms with Gasteiger partial charge in [-0.05, 0) is 43.9 Å². The lowest BCUT2D eigenvalue weighted by Gasteiger charge is -2.21. The third-order valence-corrected chi connectivity index (χ3v) is 7.03. The highest BCUT2D eigenvalue weighted by molar-refractivity contribution is 7.14. The summed E-state index contributed by atoms with van der Waals surface area (Å²) in [5.41, 5.74) is 2.44. The van der Waals surface area contributed by atoms with Crippen molar-refractivity contribution >= 4 is 40.5 Å². The molecule has 0 unspecified atom stereocenters. The number of carbonyl (C=O) groups is 4. The van der Waals surface area contributed by atoms with Gasteiger partial charge in [-0.25, -0.2) is 4.79 Å². The third-order valence-electron chi connectivity index (χ3n) is 5.81. The fourth-order valence-corrected chi connectivity index (χ4v) is 5.32. The number of rotatable bonds is 4. The van der Waals surface area contributed by atoms with Crippen LogP contribution in [0.3, 0.4) is 0 Å². The molecule has 0 bridgehead atoms. The summed E-state index contributed by atoms with van der Waals surface area (Å²) in [6, 6.07) is 13.2. The minimum atomic E-state index is -1.07. The van der Waals surface area contributed by atoms with Crippen molar-refractivity contribution in [3.05, 3.63) is 86.1 Å². The van der Waals surface area contributed by atoms with Crippen LogP contribution in [0, 0.1) is 0 Å². The second-order valence-corrected chi connectivity index (χ2v) is 9.02. The number of amides is 1. The second kappa shape index (κ2) is 7.84. The molecule has 1 atom stereocenters. The molecule has 0 saturated carbocycles. The van der Waals surface area contributed by atoms with E-state index >= 15 is 0 Å². The van der Waals surface area contributed by atoms with E-state index in [9.17, 15) is 19.2 Å². The number of fused-ring (bicyclic) bond motifs is 3. The first-order chi connectivity index (χ1) is 15.4. The maximum Gasteiger partial charge on any atom is 0.349 e. The quantitative estimate of drug-likeness (QED) is 0.476. The summed E-state index contributed by atoms with van der Waals surface area (Å²) >= 11 is 1.41. The normalized spacial score (nSPS) is 14.9. The first-order valence-corrected chi connectivity index (χ1v) is 11.2. The lowest BCUT2D eigenvalue weighted by atomic mass is 9.83. The van der Waals surface area contributed by atoms with Gasteiger partial charge in [-0.1, -0.05) is 36.4 Å². The Morgan fingerprint density at radius 1 is 0.969 bits per heavy atom. The molecule has 2 aromatic carbocycles. The smallest absolute Gasteiger partial charge is 0.349 e. The zero-order valence-corrected chi connectivity index (χ0v) is 18.1. The second-order valence-electron chi connectivity index (χ2n) is 7.88. The number of hydrogen-bond donors (Lipinski definition) is 1. The zero-order chi connectivity index (χ0) is 22.4. The van der Waals surface area contributed by atoms with Gasteiger partial charge in [-0.15, -0.1) is 11.3 Å². The largest absolute Gasteiger partial charge is 0.448 e. The van der Waals surface area contributed by atoms with Crippen LogP contribution in [-0.4, -0.2) is 29.5 Å². The van der Waals surface area contributed by atoms with Gasteiger partial charge in [0.25, 0.3) is 5.91 Å². The Hall–Kier alpha value is -3.58. The van der Waals surface area contributed by atoms with Crippen LogP contribution >= 0.6 is 11.3 Å². The van der Waals surface area contributed by atoms with E-state index in [2.05, 4.69) is 5.32 Å². The third kappa shape index (κ3) is 3.35. The highest BCUT2D eigenvalue weighted by atomic mass is 32.1. The number of nitrogens with one attached hydrogen (secondary N) is 1. The van der Waals surface area contributed by atoms with Gasteiger partial charge in [-0.3, -0.25) is 14.4 Å². The molecule has 2 aliphatic rings. The minimum absolute atomic E-state index is 0.151. The average Bonchev–Trinajstić information content (AvgIpc) is 3.40. The number of hydrogen-bond acceptors (Lipinski definition) is 6. The molecule has 0 radical (unpaired) electrons. The lowest BCUT2D eigenvalue weighted by molar-refractivity contribution is -0.123. The summed E-state index contributed by atoms with van der Waals surface area (Å²) in [4.78, 5) is 52.9. The molecule has 0 spiro atoms. The molecule has 7 heteroatoms. The molecular formula is C25H19NO5S. The van der Waals surface area contributed by atoms with Crippen LogP contribution < -0.4 is 5.32 Å². The van der Waals surface area contributed by atoms with Gasteiger partial charge in [0.15, 0.2) is 17.7 Å². The van der Waals surface area contributed by atoms with Crippen molar-refractivity contribution in [3.63, 3.8) is 0 Å². The average molecular weight is 445 g/mol. The predicted molar refractivity (Wildman–Crippen MR) is 120 cm³/mol. The molecule has 2 aliphatic carbocycles. The molecule has 1 aromatic heterocycles. The van der Waals surface area contributed by atoms with Gasteiger partial charge in [0.2, 0.25) is 0 Å². The van der Waals surface area contributed by atoms with E-state index in [1.54, 1.807) is 42.5 Å². The molecule has 1 heterocycles. The van der Waals surface area contributed by atoms with E-state index in [1.165, 1.54) is 28.7 Å². The number of benzene rings is 2. The Bertz CT molecular complexity index is 1280. The van der Waals surface area contributed by atoms with Crippen LogP contribution in [-0.2, 0) is 22.4 Å². The minimum Gasteiger partial charge on any atom is -0.448 e. The fraction of sp³-hybridized carbons (Fsp3) is 0.200. The van der Waals surface area contributed by atoms with Gasteiger partial charge >= 0.3 is 5.97 Å². The molecule has 32 heavy (non-hydrogen) atoms. The molecule has 3 aromatic rings. The van der Waals surface area contributed by atoms with Crippen molar-refractivity contribution in [2.24, 2.45) is 0 Å². The molecular weight excluding hydrogens is 426 g/mol. The maximum absolute atomic E-state index is 13.1. The first kappa shape index (κ1) is 20.3. The van der Waals surface area contributed by atoms with Crippen molar-refractivity contribution in [2.45, 2.75) is 32.3 Å². The SMILES string of the molecule is C[C@@H](OC(=O)c1cc2c(s1)CCC2)C(=O)Nc1cccc2c1C(=O)c1ccccc1C2=O. The number of thiophene rings is 1. The molecule has 0 fully saturated rings. The highest BCUT2D eigenvalue weighted by Crippen LogP contribution is 2.33. The summed E-state index contributed by atoms with van der Waals surface area (Å²) in [5, 5.41) is 2.66. The first-order valence-electron chi connectivity index (χ1n) is 10.4. The van der Waals surface area contributed by atoms with E-state index in [-0.39, 0.29) is 28.4 Å². The maximum atomic E-state index is 13.1. The zero-order valence-electron chi connectivity index (χ0n) is 17.3. The van der Waals surface area contributed by atoms with Gasteiger partial charge in [0.05, 0.1) is 11.3 Å². The molecule has 0 aliphatic heterocycles. The summed E-state index contributed by atoms with van der Waals surface area (Å²) in [5.74, 6) is -1.71. The fourth-order valence-electron chi connectivity index (χ4n) is 4.19. The Kier molecular flexibility index (Phi) is 4.98. The van der Waals surface area contributed by atoms with E-state index < -0.39 is 18.0 Å². The van der Waals surface area contributed by atoms with Crippen LogP contribution in [0.4, 0.5) is 5.69 Å². The van der Waals surface area contributed by atoms with Gasteiger partial charge < -0.3 is 10.1 Å². The van der Waals surface area contributed by atoms with Crippen LogP contribution in [0.25, 0.3) is 0 Å². The van der Waals surface area contributed by atoms with Crippen LogP contribution in [0.15, 0.2) is 48.5 Å². The van der Waals surface area contributed by atoms with Gasteiger partial charge in [0.1, 0.15) is 4.88 Å². The highest BCUT2D eigenvalue weighted by Gasteiger charge is 2.32. The lowest BCUT2D eigenvalue weighted by Crippen LogP contribution is -2.31. The standard InChI is InChI=1S/C25H19NO5S/c1-13(31-25(30)20-12-14-6-4-11-19(14)32-20)24(29)26-18-10-5-9-17-21(18)23(28)16-8-3-2-7-15(16)22(17)27/h2-3,5,7-10,12-13H,4,6,11H2,1H3,(H,26,29)/t13-/m1/s1. The van der Waals surface area contributed by atoms with Gasteiger partial charge in [-0.2, -0.15) is 0 Å². The van der Waals surface area contributed by atoms with E-state index in [4.69, 9.17) is 4.74 Å². The van der Waals surface area contributed by atoms with Crippen molar-refractivity contribution in [3.8, 4) is 0 Å². The number of ether oxygens (including phenoxy) is 1. The van der Waals surface area contributed by atoms with E-state index in [0.29, 0.717) is 16.0 Å². The van der Waals surface area contributed by atoms with E-state index in [1.807, 2.05) is 6.07 Å². The van der Waals surface area contributed by atoms with Crippen LogP contribution in [0.5, 0.6) is 0 Å². The number of anilines is 1. The van der Waals surface area contributed by atoms with Crippen LogP contribution in [0.2, 0.25) is 0 Å².